The maximum Gasteiger partial charge on any atom is 0.0236 e. The highest BCUT2D eigenvalue weighted by Gasteiger charge is 2.27. The van der Waals surface area contributed by atoms with E-state index in [1.54, 1.807) is 0 Å². The Morgan fingerprint density at radius 2 is 2.06 bits per heavy atom. The molecule has 1 aromatic rings. The molecular formula is C14H22N2. The third kappa shape index (κ3) is 2.83. The summed E-state index contributed by atoms with van der Waals surface area (Å²) in [6.07, 6.45) is 2.49. The van der Waals surface area contributed by atoms with Crippen LogP contribution in [0.1, 0.15) is 25.3 Å². The fourth-order valence-corrected chi connectivity index (χ4v) is 2.70. The Hall–Kier alpha value is -0.860. The van der Waals surface area contributed by atoms with E-state index in [4.69, 9.17) is 5.73 Å². The van der Waals surface area contributed by atoms with Gasteiger partial charge in [-0.1, -0.05) is 30.3 Å². The highest BCUT2D eigenvalue weighted by Crippen LogP contribution is 2.26. The quantitative estimate of drug-likeness (QED) is 0.840. The Morgan fingerprint density at radius 3 is 2.75 bits per heavy atom. The Labute approximate surface area is 98.4 Å². The van der Waals surface area contributed by atoms with Crippen molar-refractivity contribution in [1.82, 2.24) is 4.90 Å². The van der Waals surface area contributed by atoms with Crippen LogP contribution in [0, 0.1) is 5.92 Å². The van der Waals surface area contributed by atoms with Gasteiger partial charge in [-0.2, -0.15) is 0 Å². The average molecular weight is 218 g/mol. The highest BCUT2D eigenvalue weighted by molar-refractivity contribution is 5.14. The number of hydrogen-bond acceptors (Lipinski definition) is 2. The minimum Gasteiger partial charge on any atom is -0.330 e. The molecule has 1 aliphatic rings. The third-order valence-corrected chi connectivity index (χ3v) is 3.59. The number of nitrogens with two attached hydrogens (primary N) is 1. The molecule has 1 saturated heterocycles. The van der Waals surface area contributed by atoms with Gasteiger partial charge in [-0.3, -0.25) is 4.90 Å². The predicted octanol–water partition coefficient (Wildman–Crippen LogP) is 2.25. The van der Waals surface area contributed by atoms with Gasteiger partial charge in [0, 0.05) is 19.1 Å². The number of rotatable bonds is 4. The smallest absolute Gasteiger partial charge is 0.0236 e. The van der Waals surface area contributed by atoms with Crippen LogP contribution in [0.3, 0.4) is 0 Å². The van der Waals surface area contributed by atoms with E-state index >= 15 is 0 Å². The molecule has 0 unspecified atom stereocenters. The number of likely N-dealkylation sites (tertiary alicyclic amines) is 1. The first-order chi connectivity index (χ1) is 7.79. The molecule has 1 aromatic carbocycles. The van der Waals surface area contributed by atoms with Crippen molar-refractivity contribution in [2.24, 2.45) is 11.7 Å². The molecule has 0 radical (unpaired) electrons. The van der Waals surface area contributed by atoms with Crippen molar-refractivity contribution in [3.8, 4) is 0 Å². The van der Waals surface area contributed by atoms with Crippen molar-refractivity contribution in [3.05, 3.63) is 35.9 Å². The Bertz CT molecular complexity index is 310. The van der Waals surface area contributed by atoms with Gasteiger partial charge in [0.1, 0.15) is 0 Å². The summed E-state index contributed by atoms with van der Waals surface area (Å²) in [6.45, 7) is 5.46. The zero-order valence-electron chi connectivity index (χ0n) is 10.1. The molecule has 88 valence electrons. The molecule has 0 amide bonds. The van der Waals surface area contributed by atoms with E-state index in [-0.39, 0.29) is 0 Å². The van der Waals surface area contributed by atoms with Gasteiger partial charge in [0.05, 0.1) is 0 Å². The molecule has 2 nitrogen and oxygen atoms in total. The first-order valence-corrected chi connectivity index (χ1v) is 6.27. The molecule has 2 heteroatoms. The largest absolute Gasteiger partial charge is 0.330 e. The lowest BCUT2D eigenvalue weighted by molar-refractivity contribution is 0.255. The third-order valence-electron chi connectivity index (χ3n) is 3.59. The van der Waals surface area contributed by atoms with Crippen LogP contribution in [0.2, 0.25) is 0 Å². The molecule has 1 aliphatic heterocycles. The summed E-state index contributed by atoms with van der Waals surface area (Å²) in [6, 6.07) is 11.4. The van der Waals surface area contributed by atoms with Crippen LogP contribution < -0.4 is 5.73 Å². The molecular weight excluding hydrogens is 196 g/mol. The number of hydrogen-bond donors (Lipinski definition) is 1. The minimum atomic E-state index is 0.705. The molecule has 2 N–H and O–H groups in total. The Kier molecular flexibility index (Phi) is 3.97. The number of benzene rings is 1. The summed E-state index contributed by atoms with van der Waals surface area (Å²) in [7, 11) is 0. The van der Waals surface area contributed by atoms with Crippen LogP contribution in [0.25, 0.3) is 0 Å². The first kappa shape index (κ1) is 11.6. The summed E-state index contributed by atoms with van der Waals surface area (Å²) in [5.41, 5.74) is 7.05. The van der Waals surface area contributed by atoms with Crippen LogP contribution in [-0.4, -0.2) is 24.0 Å². The monoisotopic (exact) mass is 218 g/mol. The lowest BCUT2D eigenvalue weighted by Crippen LogP contribution is -2.26. The molecule has 2 atom stereocenters. The second kappa shape index (κ2) is 5.46. The van der Waals surface area contributed by atoms with Crippen LogP contribution in [0.15, 0.2) is 30.3 Å². The van der Waals surface area contributed by atoms with E-state index in [1.165, 1.54) is 24.9 Å². The molecule has 0 spiro atoms. The van der Waals surface area contributed by atoms with Crippen LogP contribution in [0.4, 0.5) is 0 Å². The van der Waals surface area contributed by atoms with E-state index in [2.05, 4.69) is 42.2 Å². The van der Waals surface area contributed by atoms with Crippen molar-refractivity contribution in [2.75, 3.05) is 13.1 Å². The second-order valence-corrected chi connectivity index (χ2v) is 4.94. The van der Waals surface area contributed by atoms with Crippen molar-refractivity contribution < 1.29 is 0 Å². The Morgan fingerprint density at radius 1 is 1.31 bits per heavy atom. The van der Waals surface area contributed by atoms with Crippen LogP contribution in [-0.2, 0) is 6.54 Å². The Balaban J connectivity index is 1.91. The molecule has 0 aliphatic carbocycles. The normalized spacial score (nSPS) is 26.1. The first-order valence-electron chi connectivity index (χ1n) is 6.27. The topological polar surface area (TPSA) is 29.3 Å². The van der Waals surface area contributed by atoms with Gasteiger partial charge >= 0.3 is 0 Å². The molecule has 0 aromatic heterocycles. The second-order valence-electron chi connectivity index (χ2n) is 4.94. The maximum absolute atomic E-state index is 5.63. The predicted molar refractivity (Wildman–Crippen MR) is 68.1 cm³/mol. The summed E-state index contributed by atoms with van der Waals surface area (Å²) in [4.78, 5) is 2.58. The number of nitrogens with zero attached hydrogens (tertiary/aromatic N) is 1. The van der Waals surface area contributed by atoms with E-state index < -0.39 is 0 Å². The van der Waals surface area contributed by atoms with Gasteiger partial charge in [-0.25, -0.2) is 0 Å². The van der Waals surface area contributed by atoms with E-state index in [1.807, 2.05) is 0 Å². The summed E-state index contributed by atoms with van der Waals surface area (Å²) in [5.74, 6) is 0.809. The van der Waals surface area contributed by atoms with Gasteiger partial charge in [0.25, 0.3) is 0 Å². The maximum atomic E-state index is 5.63. The summed E-state index contributed by atoms with van der Waals surface area (Å²) >= 11 is 0. The molecule has 1 fully saturated rings. The van der Waals surface area contributed by atoms with E-state index in [9.17, 15) is 0 Å². The lowest BCUT2D eigenvalue weighted by atomic mass is 10.0. The molecule has 0 saturated carbocycles. The summed E-state index contributed by atoms with van der Waals surface area (Å²) < 4.78 is 0. The zero-order valence-corrected chi connectivity index (χ0v) is 10.1. The van der Waals surface area contributed by atoms with Gasteiger partial charge in [-0.15, -0.1) is 0 Å². The van der Waals surface area contributed by atoms with Crippen molar-refractivity contribution >= 4 is 0 Å². The fourth-order valence-electron chi connectivity index (χ4n) is 2.70. The van der Waals surface area contributed by atoms with Crippen molar-refractivity contribution in [1.29, 1.82) is 0 Å². The van der Waals surface area contributed by atoms with Gasteiger partial charge in [0.15, 0.2) is 0 Å². The van der Waals surface area contributed by atoms with Gasteiger partial charge in [-0.05, 0) is 37.8 Å². The highest BCUT2D eigenvalue weighted by atomic mass is 15.2. The zero-order chi connectivity index (χ0) is 11.4. The molecule has 1 heterocycles. The van der Waals surface area contributed by atoms with Crippen molar-refractivity contribution in [2.45, 2.75) is 32.4 Å². The standard InChI is InChI=1S/C14H22N2/c1-12-9-14(7-8-15)11-16(12)10-13-5-3-2-4-6-13/h2-6,12,14H,7-11,15H2,1H3/t12-,14+/m0/s1. The SMILES string of the molecule is C[C@H]1C[C@@H](CCN)CN1Cc1ccccc1. The minimum absolute atomic E-state index is 0.705. The molecule has 2 rings (SSSR count). The van der Waals surface area contributed by atoms with E-state index in [0.29, 0.717) is 6.04 Å². The summed E-state index contributed by atoms with van der Waals surface area (Å²) in [5, 5.41) is 0. The van der Waals surface area contributed by atoms with Gasteiger partial charge < -0.3 is 5.73 Å². The van der Waals surface area contributed by atoms with Crippen LogP contribution >= 0.6 is 0 Å². The molecule has 0 bridgehead atoms. The lowest BCUT2D eigenvalue weighted by Gasteiger charge is -2.20. The van der Waals surface area contributed by atoms with Crippen molar-refractivity contribution in [3.63, 3.8) is 0 Å². The van der Waals surface area contributed by atoms with Crippen LogP contribution in [0.5, 0.6) is 0 Å². The fraction of sp³-hybridized carbons (Fsp3) is 0.571. The average Bonchev–Trinajstić information content (AvgIpc) is 2.61. The van der Waals surface area contributed by atoms with E-state index in [0.717, 1.165) is 19.0 Å². The van der Waals surface area contributed by atoms with Gasteiger partial charge in [0.2, 0.25) is 0 Å². The molecule has 16 heavy (non-hydrogen) atoms.